The lowest BCUT2D eigenvalue weighted by atomic mass is 10.3. The van der Waals surface area contributed by atoms with Crippen molar-refractivity contribution in [2.75, 3.05) is 0 Å². The van der Waals surface area contributed by atoms with E-state index in [0.717, 1.165) is 3.70 Å². The van der Waals surface area contributed by atoms with Crippen LogP contribution in [0.1, 0.15) is 17.4 Å². The number of hydrogen-bond donors (Lipinski definition) is 0. The van der Waals surface area contributed by atoms with E-state index in [2.05, 4.69) is 32.7 Å². The maximum Gasteiger partial charge on any atom is 0.179 e. The van der Waals surface area contributed by atoms with Crippen LogP contribution in [0.4, 0.5) is 0 Å². The minimum Gasteiger partial charge on any atom is -0.293 e. The monoisotopic (exact) mass is 287 g/mol. The van der Waals surface area contributed by atoms with Crippen molar-refractivity contribution < 1.29 is 4.79 Å². The zero-order valence-corrected chi connectivity index (χ0v) is 9.02. The molecule has 0 radical (unpaired) electrons. The van der Waals surface area contributed by atoms with Crippen LogP contribution in [0.3, 0.4) is 0 Å². The number of hydrogen-bond acceptors (Lipinski definition) is 3. The van der Waals surface area contributed by atoms with Crippen LogP contribution in [-0.2, 0) is 0 Å². The molecule has 0 aliphatic rings. The van der Waals surface area contributed by atoms with Crippen molar-refractivity contribution >= 4 is 34.0 Å². The molecule has 13 heavy (non-hydrogen) atoms. The molecule has 66 valence electrons. The van der Waals surface area contributed by atoms with Crippen LogP contribution in [0.5, 0.6) is 0 Å². The van der Waals surface area contributed by atoms with E-state index in [9.17, 15) is 4.79 Å². The summed E-state index contributed by atoms with van der Waals surface area (Å²) in [5.41, 5.74) is 1.22. The van der Waals surface area contributed by atoms with Crippen LogP contribution < -0.4 is 0 Å². The van der Waals surface area contributed by atoms with Crippen LogP contribution in [0.2, 0.25) is 0 Å². The van der Waals surface area contributed by atoms with Gasteiger partial charge in [-0.05, 0) is 34.7 Å². The van der Waals surface area contributed by atoms with Gasteiger partial charge in [-0.3, -0.25) is 4.79 Å². The average molecular weight is 287 g/mol. The lowest BCUT2D eigenvalue weighted by Crippen LogP contribution is -2.02. The Morgan fingerprint density at radius 2 is 2.31 bits per heavy atom. The van der Waals surface area contributed by atoms with E-state index >= 15 is 0 Å². The molecule has 4 nitrogen and oxygen atoms in total. The number of ketones is 1. The quantitative estimate of drug-likeness (QED) is 0.590. The van der Waals surface area contributed by atoms with Crippen molar-refractivity contribution in [2.24, 2.45) is 0 Å². The molecule has 0 N–H and O–H groups in total. The summed E-state index contributed by atoms with van der Waals surface area (Å²) < 4.78 is 2.40. The molecule has 2 heterocycles. The second kappa shape index (κ2) is 3.06. The highest BCUT2D eigenvalue weighted by molar-refractivity contribution is 14.1. The molecular formula is C8H6IN3O. The van der Waals surface area contributed by atoms with Gasteiger partial charge in [-0.2, -0.15) is 5.10 Å². The summed E-state index contributed by atoms with van der Waals surface area (Å²) in [6, 6.07) is 3.69. The summed E-state index contributed by atoms with van der Waals surface area (Å²) in [4.78, 5) is 15.2. The first-order valence-corrected chi connectivity index (χ1v) is 4.77. The van der Waals surface area contributed by atoms with E-state index in [4.69, 9.17) is 0 Å². The van der Waals surface area contributed by atoms with Crippen molar-refractivity contribution in [1.82, 2.24) is 14.6 Å². The third-order valence-electron chi connectivity index (χ3n) is 1.69. The molecule has 0 saturated carbocycles. The summed E-state index contributed by atoms with van der Waals surface area (Å²) in [5.74, 6) is -0.0259. The number of carbonyl (C=O) groups is 1. The second-order valence-electron chi connectivity index (χ2n) is 2.63. The van der Waals surface area contributed by atoms with Crippen LogP contribution in [0, 0.1) is 3.70 Å². The van der Waals surface area contributed by atoms with Crippen molar-refractivity contribution in [3.05, 3.63) is 27.7 Å². The number of carbonyl (C=O) groups excluding carboxylic acids is 1. The molecule has 5 heteroatoms. The van der Waals surface area contributed by atoms with E-state index in [-0.39, 0.29) is 5.78 Å². The van der Waals surface area contributed by atoms with E-state index in [1.165, 1.54) is 6.92 Å². The summed E-state index contributed by atoms with van der Waals surface area (Å²) in [6.45, 7) is 1.50. The molecule has 0 bridgehead atoms. The molecule has 0 aliphatic carbocycles. The number of imidazole rings is 1. The Morgan fingerprint density at radius 1 is 1.54 bits per heavy atom. The van der Waals surface area contributed by atoms with Gasteiger partial charge in [-0.1, -0.05) is 0 Å². The van der Waals surface area contributed by atoms with Gasteiger partial charge >= 0.3 is 0 Å². The van der Waals surface area contributed by atoms with Gasteiger partial charge in [0.05, 0.1) is 6.20 Å². The maximum atomic E-state index is 11.1. The predicted octanol–water partition coefficient (Wildman–Crippen LogP) is 1.54. The average Bonchev–Trinajstić information content (AvgIpc) is 2.46. The van der Waals surface area contributed by atoms with Crippen LogP contribution in [0.25, 0.3) is 5.65 Å². The van der Waals surface area contributed by atoms with Gasteiger partial charge in [0, 0.05) is 6.92 Å². The lowest BCUT2D eigenvalue weighted by molar-refractivity contribution is 0.101. The van der Waals surface area contributed by atoms with E-state index in [0.29, 0.717) is 11.3 Å². The fraction of sp³-hybridized carbons (Fsp3) is 0.125. The standard InChI is InChI=1S/C8H6IN3O/c1-5(13)6-4-10-8-3-2-7(9)11-12(6)8/h2-4H,1H3. The molecule has 0 saturated heterocycles. The minimum absolute atomic E-state index is 0.0259. The van der Waals surface area contributed by atoms with Crippen LogP contribution in [-0.4, -0.2) is 20.4 Å². The number of Topliss-reactive ketones (excluding diaryl/α,β-unsaturated/α-hetero) is 1. The van der Waals surface area contributed by atoms with Crippen LogP contribution in [0.15, 0.2) is 18.3 Å². The molecule has 2 rings (SSSR count). The Hall–Kier alpha value is -0.980. The Kier molecular flexibility index (Phi) is 2.03. The summed E-state index contributed by atoms with van der Waals surface area (Å²) in [5, 5.41) is 4.18. The van der Waals surface area contributed by atoms with Gasteiger partial charge in [-0.15, -0.1) is 0 Å². The van der Waals surface area contributed by atoms with Gasteiger partial charge in [0.2, 0.25) is 0 Å². The van der Waals surface area contributed by atoms with Crippen molar-refractivity contribution in [3.63, 3.8) is 0 Å². The molecular weight excluding hydrogens is 281 g/mol. The fourth-order valence-corrected chi connectivity index (χ4v) is 1.49. The Labute approximate surface area is 88.1 Å². The highest BCUT2D eigenvalue weighted by Crippen LogP contribution is 2.07. The minimum atomic E-state index is -0.0259. The third kappa shape index (κ3) is 1.43. The van der Waals surface area contributed by atoms with Crippen LogP contribution >= 0.6 is 22.6 Å². The zero-order valence-electron chi connectivity index (χ0n) is 6.86. The third-order valence-corrected chi connectivity index (χ3v) is 2.27. The molecule has 0 aromatic carbocycles. The Balaban J connectivity index is 2.79. The van der Waals surface area contributed by atoms with E-state index in [1.807, 2.05) is 12.1 Å². The summed E-state index contributed by atoms with van der Waals surface area (Å²) in [6.07, 6.45) is 1.54. The SMILES string of the molecule is CC(=O)c1cnc2ccc(I)nn12. The van der Waals surface area contributed by atoms with Crippen molar-refractivity contribution in [2.45, 2.75) is 6.92 Å². The topological polar surface area (TPSA) is 47.3 Å². The first-order chi connectivity index (χ1) is 6.18. The number of fused-ring (bicyclic) bond motifs is 1. The summed E-state index contributed by atoms with van der Waals surface area (Å²) >= 11 is 2.09. The van der Waals surface area contributed by atoms with Gasteiger partial charge in [-0.25, -0.2) is 9.50 Å². The van der Waals surface area contributed by atoms with Gasteiger partial charge in [0.15, 0.2) is 11.4 Å². The normalized spacial score (nSPS) is 10.6. The first-order valence-electron chi connectivity index (χ1n) is 3.70. The second-order valence-corrected chi connectivity index (χ2v) is 3.73. The molecule has 2 aromatic heterocycles. The largest absolute Gasteiger partial charge is 0.293 e. The summed E-state index contributed by atoms with van der Waals surface area (Å²) in [7, 11) is 0. The van der Waals surface area contributed by atoms with Crippen molar-refractivity contribution in [3.8, 4) is 0 Å². The van der Waals surface area contributed by atoms with Crippen molar-refractivity contribution in [1.29, 1.82) is 0 Å². The molecule has 0 amide bonds. The predicted molar refractivity (Wildman–Crippen MR) is 55.7 cm³/mol. The number of rotatable bonds is 1. The van der Waals surface area contributed by atoms with Gasteiger partial charge < -0.3 is 0 Å². The number of halogens is 1. The van der Waals surface area contributed by atoms with E-state index in [1.54, 1.807) is 10.7 Å². The Bertz CT molecular complexity index is 477. The molecule has 0 aliphatic heterocycles. The highest BCUT2D eigenvalue weighted by Gasteiger charge is 2.07. The maximum absolute atomic E-state index is 11.1. The smallest absolute Gasteiger partial charge is 0.179 e. The van der Waals surface area contributed by atoms with E-state index < -0.39 is 0 Å². The molecule has 2 aromatic rings. The van der Waals surface area contributed by atoms with Gasteiger partial charge in [0.1, 0.15) is 9.39 Å². The van der Waals surface area contributed by atoms with Gasteiger partial charge in [0.25, 0.3) is 0 Å². The Morgan fingerprint density at radius 3 is 3.00 bits per heavy atom. The first kappa shape index (κ1) is 8.61. The fourth-order valence-electron chi connectivity index (χ4n) is 1.09. The highest BCUT2D eigenvalue weighted by atomic mass is 127. The molecule has 0 unspecified atom stereocenters. The molecule has 0 atom stereocenters. The lowest BCUT2D eigenvalue weighted by Gasteiger charge is -1.95. The number of nitrogens with zero attached hydrogens (tertiary/aromatic N) is 3. The number of aromatic nitrogens is 3. The molecule has 0 fully saturated rings. The molecule has 0 spiro atoms. The zero-order chi connectivity index (χ0) is 9.42.